The average molecular weight is 570 g/mol. The molecule has 0 saturated carbocycles. The Balaban J connectivity index is 1.70. The SMILES string of the molecule is COc1cc2c(cc1OC)-c1c(C#N)c(-c3cn(S(=O)(=O)c4ccccc4)c4ccccc34)c(OC)n1C(OC)C2. The van der Waals surface area contributed by atoms with Crippen LogP contribution in [0.5, 0.6) is 17.4 Å². The van der Waals surface area contributed by atoms with Crippen molar-refractivity contribution >= 4 is 20.9 Å². The Labute approximate surface area is 237 Å². The van der Waals surface area contributed by atoms with Gasteiger partial charge in [-0.2, -0.15) is 5.26 Å². The molecule has 41 heavy (non-hydrogen) atoms. The molecule has 5 aromatic rings. The fraction of sp³-hybridized carbons (Fsp3) is 0.194. The average Bonchev–Trinajstić information content (AvgIpc) is 3.56. The van der Waals surface area contributed by atoms with E-state index in [2.05, 4.69) is 6.07 Å². The third kappa shape index (κ3) is 3.89. The van der Waals surface area contributed by atoms with E-state index in [4.69, 9.17) is 18.9 Å². The van der Waals surface area contributed by atoms with E-state index in [0.29, 0.717) is 57.1 Å². The number of benzene rings is 3. The Kier molecular flexibility index (Phi) is 6.49. The van der Waals surface area contributed by atoms with E-state index in [0.717, 1.165) is 11.1 Å². The molecule has 0 saturated heterocycles. The van der Waals surface area contributed by atoms with Crippen LogP contribution in [0, 0.1) is 11.3 Å². The highest BCUT2D eigenvalue weighted by molar-refractivity contribution is 7.90. The van der Waals surface area contributed by atoms with E-state index in [1.807, 2.05) is 28.8 Å². The van der Waals surface area contributed by atoms with Crippen LogP contribution in [0.4, 0.5) is 0 Å². The van der Waals surface area contributed by atoms with Crippen LogP contribution in [0.15, 0.2) is 77.8 Å². The van der Waals surface area contributed by atoms with Crippen molar-refractivity contribution in [1.82, 2.24) is 8.54 Å². The minimum atomic E-state index is -3.94. The number of rotatable bonds is 7. The van der Waals surface area contributed by atoms with Gasteiger partial charge >= 0.3 is 0 Å². The van der Waals surface area contributed by atoms with Gasteiger partial charge in [-0.1, -0.05) is 36.4 Å². The summed E-state index contributed by atoms with van der Waals surface area (Å²) in [5.41, 5.74) is 4.13. The molecule has 208 valence electrons. The van der Waals surface area contributed by atoms with Crippen molar-refractivity contribution in [1.29, 1.82) is 5.26 Å². The van der Waals surface area contributed by atoms with E-state index in [9.17, 15) is 13.7 Å². The zero-order chi connectivity index (χ0) is 28.9. The predicted molar refractivity (Wildman–Crippen MR) is 154 cm³/mol. The normalized spacial score (nSPS) is 14.3. The molecule has 3 heterocycles. The maximum absolute atomic E-state index is 13.8. The molecule has 10 heteroatoms. The molecule has 0 N–H and O–H groups in total. The van der Waals surface area contributed by atoms with Crippen LogP contribution in [0.2, 0.25) is 0 Å². The zero-order valence-corrected chi connectivity index (χ0v) is 23.7. The number of nitriles is 1. The molecular formula is C31H27N3O6S. The third-order valence-corrected chi connectivity index (χ3v) is 9.22. The zero-order valence-electron chi connectivity index (χ0n) is 22.9. The number of para-hydroxylation sites is 1. The number of methoxy groups -OCH3 is 4. The summed E-state index contributed by atoms with van der Waals surface area (Å²) in [4.78, 5) is 0.158. The summed E-state index contributed by atoms with van der Waals surface area (Å²) in [5, 5.41) is 11.3. The van der Waals surface area contributed by atoms with E-state index in [-0.39, 0.29) is 4.90 Å². The quantitative estimate of drug-likeness (QED) is 0.251. The molecule has 3 aromatic carbocycles. The molecule has 6 rings (SSSR count). The second-order valence-electron chi connectivity index (χ2n) is 9.52. The number of hydrogen-bond acceptors (Lipinski definition) is 7. The van der Waals surface area contributed by atoms with E-state index in [1.165, 1.54) is 11.1 Å². The molecule has 1 aliphatic heterocycles. The molecule has 9 nitrogen and oxygen atoms in total. The van der Waals surface area contributed by atoms with Crippen LogP contribution in [-0.4, -0.2) is 45.4 Å². The van der Waals surface area contributed by atoms with E-state index >= 15 is 0 Å². The largest absolute Gasteiger partial charge is 0.493 e. The highest BCUT2D eigenvalue weighted by Gasteiger charge is 2.37. The van der Waals surface area contributed by atoms with Gasteiger partial charge in [0, 0.05) is 36.2 Å². The molecular weight excluding hydrogens is 542 g/mol. The fourth-order valence-corrected chi connectivity index (χ4v) is 7.09. The molecule has 0 fully saturated rings. The molecule has 1 unspecified atom stereocenters. The Hall–Kier alpha value is -4.72. The summed E-state index contributed by atoms with van der Waals surface area (Å²) < 4.78 is 53.7. The summed E-state index contributed by atoms with van der Waals surface area (Å²) in [6.07, 6.45) is 1.56. The summed E-state index contributed by atoms with van der Waals surface area (Å²) >= 11 is 0. The number of nitrogens with zero attached hydrogens (tertiary/aromatic N) is 3. The van der Waals surface area contributed by atoms with Crippen molar-refractivity contribution < 1.29 is 27.4 Å². The summed E-state index contributed by atoms with van der Waals surface area (Å²) in [6.45, 7) is 0. The van der Waals surface area contributed by atoms with Crippen LogP contribution in [0.1, 0.15) is 17.4 Å². The van der Waals surface area contributed by atoms with E-state index in [1.54, 1.807) is 70.0 Å². The molecule has 2 aromatic heterocycles. The molecule has 1 atom stereocenters. The first-order chi connectivity index (χ1) is 19.9. The molecule has 0 radical (unpaired) electrons. The molecule has 0 bridgehead atoms. The maximum Gasteiger partial charge on any atom is 0.268 e. The second-order valence-corrected chi connectivity index (χ2v) is 11.3. The lowest BCUT2D eigenvalue weighted by Crippen LogP contribution is -2.21. The highest BCUT2D eigenvalue weighted by atomic mass is 32.2. The van der Waals surface area contributed by atoms with Gasteiger partial charge in [-0.05, 0) is 35.9 Å². The number of ether oxygens (including phenoxy) is 4. The minimum absolute atomic E-state index is 0.158. The van der Waals surface area contributed by atoms with Crippen LogP contribution < -0.4 is 14.2 Å². The maximum atomic E-state index is 13.8. The van der Waals surface area contributed by atoms with Gasteiger partial charge in [0.2, 0.25) is 5.88 Å². The molecule has 0 amide bonds. The Bertz CT molecular complexity index is 1950. The Morgan fingerprint density at radius 2 is 1.56 bits per heavy atom. The van der Waals surface area contributed by atoms with E-state index < -0.39 is 16.3 Å². The molecule has 0 aliphatic carbocycles. The standard InChI is InChI=1S/C31H27N3O6S/c1-37-26-14-19-15-28(39-3)34-30(22(19)16-27(26)38-2)23(17-32)29(31(34)40-4)24-18-33(25-13-9-8-12-21(24)25)41(35,36)20-10-6-5-7-11-20/h5-14,16,18,28H,15H2,1-4H3. The number of fused-ring (bicyclic) bond motifs is 4. The summed E-state index contributed by atoms with van der Waals surface area (Å²) in [5.74, 6) is 1.48. The fourth-order valence-electron chi connectivity index (χ4n) is 5.70. The van der Waals surface area contributed by atoms with Crippen LogP contribution in [0.3, 0.4) is 0 Å². The van der Waals surface area contributed by atoms with Crippen molar-refractivity contribution in [2.24, 2.45) is 0 Å². The van der Waals surface area contributed by atoms with Crippen molar-refractivity contribution in [3.63, 3.8) is 0 Å². The number of aromatic nitrogens is 2. The monoisotopic (exact) mass is 569 g/mol. The minimum Gasteiger partial charge on any atom is -0.493 e. The van der Waals surface area contributed by atoms with Gasteiger partial charge in [0.15, 0.2) is 11.5 Å². The van der Waals surface area contributed by atoms with Gasteiger partial charge in [-0.15, -0.1) is 0 Å². The number of hydrogen-bond donors (Lipinski definition) is 0. The first kappa shape index (κ1) is 26.5. The summed E-state index contributed by atoms with van der Waals surface area (Å²) in [6, 6.07) is 21.6. The topological polar surface area (TPSA) is 105 Å². The van der Waals surface area contributed by atoms with Crippen LogP contribution in [0.25, 0.3) is 33.3 Å². The van der Waals surface area contributed by atoms with Crippen molar-refractivity contribution in [2.75, 3.05) is 28.4 Å². The van der Waals surface area contributed by atoms with Crippen LogP contribution >= 0.6 is 0 Å². The lowest BCUT2D eigenvalue weighted by atomic mass is 9.93. The van der Waals surface area contributed by atoms with Crippen molar-refractivity contribution in [3.8, 4) is 45.8 Å². The second kappa shape index (κ2) is 10.0. The first-order valence-electron chi connectivity index (χ1n) is 12.8. The van der Waals surface area contributed by atoms with Gasteiger partial charge in [0.1, 0.15) is 12.3 Å². The summed E-state index contributed by atoms with van der Waals surface area (Å²) in [7, 11) is 2.32. The van der Waals surface area contributed by atoms with Gasteiger partial charge in [0.05, 0.1) is 48.6 Å². The lowest BCUT2D eigenvalue weighted by molar-refractivity contribution is 0.0382. The molecule has 1 aliphatic rings. The third-order valence-electron chi connectivity index (χ3n) is 7.53. The van der Waals surface area contributed by atoms with Crippen LogP contribution in [-0.2, 0) is 21.2 Å². The van der Waals surface area contributed by atoms with Gasteiger partial charge < -0.3 is 18.9 Å². The molecule has 0 spiro atoms. The van der Waals surface area contributed by atoms with Crippen molar-refractivity contribution in [2.45, 2.75) is 17.5 Å². The highest BCUT2D eigenvalue weighted by Crippen LogP contribution is 2.51. The van der Waals surface area contributed by atoms with Crippen molar-refractivity contribution in [3.05, 3.63) is 84.1 Å². The predicted octanol–water partition coefficient (Wildman–Crippen LogP) is 5.61. The lowest BCUT2D eigenvalue weighted by Gasteiger charge is -2.29. The Morgan fingerprint density at radius 3 is 2.22 bits per heavy atom. The van der Waals surface area contributed by atoms with Gasteiger partial charge in [-0.3, -0.25) is 4.57 Å². The Morgan fingerprint density at radius 1 is 0.878 bits per heavy atom. The van der Waals surface area contributed by atoms with Gasteiger partial charge in [0.25, 0.3) is 10.0 Å². The first-order valence-corrected chi connectivity index (χ1v) is 14.2. The smallest absolute Gasteiger partial charge is 0.268 e. The van der Waals surface area contributed by atoms with Gasteiger partial charge in [-0.25, -0.2) is 12.4 Å².